The Balaban J connectivity index is 1.82. The second kappa shape index (κ2) is 7.95. The summed E-state index contributed by atoms with van der Waals surface area (Å²) in [6, 6.07) is 17.2. The minimum Gasteiger partial charge on any atom is -0.362 e. The van der Waals surface area contributed by atoms with E-state index in [0.29, 0.717) is 5.11 Å². The van der Waals surface area contributed by atoms with Crippen LogP contribution in [0.5, 0.6) is 0 Å². The van der Waals surface area contributed by atoms with Crippen molar-refractivity contribution < 1.29 is 0 Å². The van der Waals surface area contributed by atoms with E-state index in [0.717, 1.165) is 13.0 Å². The van der Waals surface area contributed by atoms with Gasteiger partial charge in [-0.05, 0) is 56.1 Å². The molecule has 116 valence electrons. The van der Waals surface area contributed by atoms with Crippen LogP contribution in [0.2, 0.25) is 0 Å². The summed E-state index contributed by atoms with van der Waals surface area (Å²) in [5.41, 5.74) is 5.18. The molecule has 0 aliphatic rings. The summed E-state index contributed by atoms with van der Waals surface area (Å²) in [6.45, 7) is 7.24. The van der Waals surface area contributed by atoms with Crippen molar-refractivity contribution in [2.24, 2.45) is 0 Å². The molecule has 3 heteroatoms. The summed E-state index contributed by atoms with van der Waals surface area (Å²) in [7, 11) is 0. The lowest BCUT2D eigenvalue weighted by molar-refractivity contribution is 0.692. The van der Waals surface area contributed by atoms with E-state index < -0.39 is 0 Å². The van der Waals surface area contributed by atoms with E-state index in [4.69, 9.17) is 12.2 Å². The van der Waals surface area contributed by atoms with Crippen LogP contribution in [0.3, 0.4) is 0 Å². The van der Waals surface area contributed by atoms with Crippen molar-refractivity contribution in [1.82, 2.24) is 10.6 Å². The highest BCUT2D eigenvalue weighted by molar-refractivity contribution is 7.80. The zero-order valence-corrected chi connectivity index (χ0v) is 14.3. The molecule has 0 aliphatic carbocycles. The molecule has 0 spiro atoms. The van der Waals surface area contributed by atoms with Gasteiger partial charge in [0.2, 0.25) is 0 Å². The van der Waals surface area contributed by atoms with E-state index in [1.165, 1.54) is 22.3 Å². The van der Waals surface area contributed by atoms with Gasteiger partial charge < -0.3 is 10.6 Å². The Hall–Kier alpha value is -1.87. The molecule has 0 aromatic heterocycles. The molecule has 2 aromatic carbocycles. The standard InChI is InChI=1S/C19H24N2S/c1-14-9-10-15(2)18(13-14)16(3)21-19(22)20-12-11-17-7-5-4-6-8-17/h4-10,13,16H,11-12H2,1-3H3,(H2,20,21,22). The van der Waals surface area contributed by atoms with Crippen LogP contribution in [0.4, 0.5) is 0 Å². The van der Waals surface area contributed by atoms with E-state index in [1.807, 2.05) is 6.07 Å². The second-order valence-electron chi connectivity index (χ2n) is 5.72. The number of hydrogen-bond acceptors (Lipinski definition) is 1. The molecular formula is C19H24N2S. The van der Waals surface area contributed by atoms with Gasteiger partial charge in [0.15, 0.2) is 5.11 Å². The topological polar surface area (TPSA) is 24.1 Å². The van der Waals surface area contributed by atoms with Crippen molar-refractivity contribution in [3.8, 4) is 0 Å². The predicted molar refractivity (Wildman–Crippen MR) is 98.2 cm³/mol. The molecule has 0 fully saturated rings. The maximum absolute atomic E-state index is 5.40. The quantitative estimate of drug-likeness (QED) is 0.814. The van der Waals surface area contributed by atoms with Crippen LogP contribution in [-0.4, -0.2) is 11.7 Å². The van der Waals surface area contributed by atoms with Gasteiger partial charge in [0.05, 0.1) is 6.04 Å². The molecule has 0 heterocycles. The molecule has 1 atom stereocenters. The third-order valence-corrected chi connectivity index (χ3v) is 4.05. The Bertz CT molecular complexity index is 623. The Morgan fingerprint density at radius 1 is 1.09 bits per heavy atom. The van der Waals surface area contributed by atoms with Crippen LogP contribution in [0.25, 0.3) is 0 Å². The minimum atomic E-state index is 0.205. The maximum Gasteiger partial charge on any atom is 0.166 e. The average molecular weight is 312 g/mol. The first kappa shape index (κ1) is 16.5. The molecule has 2 rings (SSSR count). The fraction of sp³-hybridized carbons (Fsp3) is 0.316. The van der Waals surface area contributed by atoms with E-state index in [1.54, 1.807) is 0 Å². The van der Waals surface area contributed by atoms with E-state index in [-0.39, 0.29) is 6.04 Å². The number of hydrogen-bond donors (Lipinski definition) is 2. The van der Waals surface area contributed by atoms with Crippen LogP contribution in [-0.2, 0) is 6.42 Å². The molecule has 0 bridgehead atoms. The summed E-state index contributed by atoms with van der Waals surface area (Å²) in [6.07, 6.45) is 0.973. The van der Waals surface area contributed by atoms with Crippen molar-refractivity contribution in [1.29, 1.82) is 0 Å². The SMILES string of the molecule is Cc1ccc(C)c(C(C)NC(=S)NCCc2ccccc2)c1. The monoisotopic (exact) mass is 312 g/mol. The molecule has 22 heavy (non-hydrogen) atoms. The zero-order chi connectivity index (χ0) is 15.9. The predicted octanol–water partition coefficient (Wildman–Crippen LogP) is 4.07. The second-order valence-corrected chi connectivity index (χ2v) is 6.13. The zero-order valence-electron chi connectivity index (χ0n) is 13.5. The number of thiocarbonyl (C=S) groups is 1. The van der Waals surface area contributed by atoms with Gasteiger partial charge in [-0.25, -0.2) is 0 Å². The van der Waals surface area contributed by atoms with Crippen LogP contribution < -0.4 is 10.6 Å². The van der Waals surface area contributed by atoms with Gasteiger partial charge in [-0.3, -0.25) is 0 Å². The normalized spacial score (nSPS) is 11.8. The molecule has 1 unspecified atom stereocenters. The van der Waals surface area contributed by atoms with Gasteiger partial charge in [0.25, 0.3) is 0 Å². The van der Waals surface area contributed by atoms with Crippen LogP contribution in [0, 0.1) is 13.8 Å². The van der Waals surface area contributed by atoms with E-state index >= 15 is 0 Å². The van der Waals surface area contributed by atoms with Gasteiger partial charge in [0, 0.05) is 6.54 Å². The largest absolute Gasteiger partial charge is 0.362 e. The summed E-state index contributed by atoms with van der Waals surface area (Å²) in [4.78, 5) is 0. The molecule has 2 aromatic rings. The summed E-state index contributed by atoms with van der Waals surface area (Å²) in [5.74, 6) is 0. The van der Waals surface area contributed by atoms with Crippen molar-refractivity contribution >= 4 is 17.3 Å². The minimum absolute atomic E-state index is 0.205. The van der Waals surface area contributed by atoms with Gasteiger partial charge in [-0.15, -0.1) is 0 Å². The van der Waals surface area contributed by atoms with Gasteiger partial charge in [0.1, 0.15) is 0 Å². The van der Waals surface area contributed by atoms with E-state index in [2.05, 4.69) is 73.9 Å². The maximum atomic E-state index is 5.40. The van der Waals surface area contributed by atoms with Crippen molar-refractivity contribution in [2.75, 3.05) is 6.54 Å². The number of benzene rings is 2. The highest BCUT2D eigenvalue weighted by Crippen LogP contribution is 2.18. The number of rotatable bonds is 5. The summed E-state index contributed by atoms with van der Waals surface area (Å²) < 4.78 is 0. The molecule has 0 aliphatic heterocycles. The average Bonchev–Trinajstić information content (AvgIpc) is 2.50. The number of aryl methyl sites for hydroxylation is 2. The highest BCUT2D eigenvalue weighted by Gasteiger charge is 2.09. The number of nitrogens with one attached hydrogen (secondary N) is 2. The lowest BCUT2D eigenvalue weighted by Gasteiger charge is -2.19. The molecule has 2 N–H and O–H groups in total. The van der Waals surface area contributed by atoms with Crippen molar-refractivity contribution in [3.63, 3.8) is 0 Å². The Morgan fingerprint density at radius 3 is 2.55 bits per heavy atom. The Kier molecular flexibility index (Phi) is 5.96. The first-order chi connectivity index (χ1) is 10.6. The van der Waals surface area contributed by atoms with Gasteiger partial charge in [-0.1, -0.05) is 54.1 Å². The summed E-state index contributed by atoms with van der Waals surface area (Å²) in [5, 5.41) is 7.37. The Morgan fingerprint density at radius 2 is 1.82 bits per heavy atom. The Labute approximate surface area is 139 Å². The lowest BCUT2D eigenvalue weighted by Crippen LogP contribution is -2.38. The smallest absolute Gasteiger partial charge is 0.166 e. The van der Waals surface area contributed by atoms with Crippen molar-refractivity contribution in [2.45, 2.75) is 33.2 Å². The van der Waals surface area contributed by atoms with Gasteiger partial charge in [-0.2, -0.15) is 0 Å². The van der Waals surface area contributed by atoms with Crippen LogP contribution >= 0.6 is 12.2 Å². The molecule has 0 radical (unpaired) electrons. The summed E-state index contributed by atoms with van der Waals surface area (Å²) >= 11 is 5.40. The molecular weight excluding hydrogens is 288 g/mol. The van der Waals surface area contributed by atoms with Gasteiger partial charge >= 0.3 is 0 Å². The van der Waals surface area contributed by atoms with Crippen LogP contribution in [0.15, 0.2) is 48.5 Å². The van der Waals surface area contributed by atoms with Crippen LogP contribution in [0.1, 0.15) is 35.2 Å². The molecule has 0 saturated heterocycles. The fourth-order valence-corrected chi connectivity index (χ4v) is 2.80. The molecule has 2 nitrogen and oxygen atoms in total. The molecule has 0 saturated carbocycles. The van der Waals surface area contributed by atoms with E-state index in [9.17, 15) is 0 Å². The fourth-order valence-electron chi connectivity index (χ4n) is 2.52. The highest BCUT2D eigenvalue weighted by atomic mass is 32.1. The van der Waals surface area contributed by atoms with Crippen molar-refractivity contribution in [3.05, 3.63) is 70.8 Å². The third-order valence-electron chi connectivity index (χ3n) is 3.79. The molecule has 0 amide bonds. The first-order valence-electron chi connectivity index (χ1n) is 7.71. The lowest BCUT2D eigenvalue weighted by atomic mass is 10.0. The third kappa shape index (κ3) is 4.85. The first-order valence-corrected chi connectivity index (χ1v) is 8.12.